The highest BCUT2D eigenvalue weighted by molar-refractivity contribution is 7.98. The Hall–Kier alpha value is -2.91. The van der Waals surface area contributed by atoms with E-state index >= 15 is 0 Å². The van der Waals surface area contributed by atoms with Gasteiger partial charge in [-0.15, -0.1) is 0 Å². The van der Waals surface area contributed by atoms with E-state index in [4.69, 9.17) is 13.9 Å². The van der Waals surface area contributed by atoms with Crippen LogP contribution in [0.1, 0.15) is 11.1 Å². The molecule has 2 aromatic carbocycles. The first kappa shape index (κ1) is 17.5. The minimum Gasteiger partial charge on any atom is -0.467 e. The van der Waals surface area contributed by atoms with Gasteiger partial charge in [-0.3, -0.25) is 10.1 Å². The Bertz CT molecular complexity index is 990. The lowest BCUT2D eigenvalue weighted by molar-refractivity contribution is -0.385. The Kier molecular flexibility index (Phi) is 4.78. The largest absolute Gasteiger partial charge is 0.467 e. The van der Waals surface area contributed by atoms with Crippen LogP contribution in [0, 0.1) is 15.9 Å². The fraction of sp³-hybridized carbons (Fsp3) is 0.167. The molecule has 3 aromatic rings. The maximum atomic E-state index is 13.0. The fourth-order valence-electron chi connectivity index (χ4n) is 2.71. The average molecular weight is 388 g/mol. The molecule has 1 aliphatic heterocycles. The Labute approximate surface area is 157 Å². The van der Waals surface area contributed by atoms with E-state index in [1.54, 1.807) is 18.3 Å². The lowest BCUT2D eigenvalue weighted by Crippen LogP contribution is -2.13. The van der Waals surface area contributed by atoms with E-state index in [0.717, 1.165) is 0 Å². The third-order valence-corrected chi connectivity index (χ3v) is 4.84. The molecular formula is C18H13FN2O5S. The van der Waals surface area contributed by atoms with Crippen molar-refractivity contribution in [3.05, 3.63) is 69.7 Å². The molecule has 0 bridgehead atoms. The zero-order chi connectivity index (χ0) is 18.8. The molecule has 138 valence electrons. The number of thioether (sulfide) groups is 1. The molecule has 2 heterocycles. The zero-order valence-corrected chi connectivity index (χ0v) is 14.7. The highest BCUT2D eigenvalue weighted by Gasteiger charge is 2.21. The Morgan fingerprint density at radius 2 is 2.07 bits per heavy atom. The van der Waals surface area contributed by atoms with Crippen LogP contribution >= 0.6 is 11.8 Å². The van der Waals surface area contributed by atoms with Crippen molar-refractivity contribution < 1.29 is 23.2 Å². The number of hydrogen-bond donors (Lipinski definition) is 0. The predicted octanol–water partition coefficient (Wildman–Crippen LogP) is 4.55. The van der Waals surface area contributed by atoms with Gasteiger partial charge in [-0.2, -0.15) is 0 Å². The van der Waals surface area contributed by atoms with Gasteiger partial charge >= 0.3 is 0 Å². The number of non-ortho nitro benzene ring substituents is 1. The second kappa shape index (κ2) is 7.37. The van der Waals surface area contributed by atoms with Crippen molar-refractivity contribution in [2.24, 2.45) is 0 Å². The summed E-state index contributed by atoms with van der Waals surface area (Å²) in [5.74, 6) is 1.17. The summed E-state index contributed by atoms with van der Waals surface area (Å²) in [6.07, 6.45) is 1.56. The van der Waals surface area contributed by atoms with Crippen molar-refractivity contribution in [3.8, 4) is 17.1 Å². The number of oxazole rings is 1. The Morgan fingerprint density at radius 3 is 2.85 bits per heavy atom. The highest BCUT2D eigenvalue weighted by atomic mass is 32.2. The molecule has 0 fully saturated rings. The number of aromatic nitrogens is 1. The fourth-order valence-corrected chi connectivity index (χ4v) is 3.47. The molecule has 1 aliphatic rings. The number of rotatable bonds is 5. The van der Waals surface area contributed by atoms with E-state index in [9.17, 15) is 14.5 Å². The molecule has 0 amide bonds. The zero-order valence-electron chi connectivity index (χ0n) is 13.9. The molecule has 0 N–H and O–H groups in total. The molecule has 0 spiro atoms. The van der Waals surface area contributed by atoms with Crippen LogP contribution in [0.5, 0.6) is 5.75 Å². The minimum atomic E-state index is -0.444. The summed E-state index contributed by atoms with van der Waals surface area (Å²) in [4.78, 5) is 14.9. The second-order valence-electron chi connectivity index (χ2n) is 5.75. The molecule has 4 rings (SSSR count). The summed E-state index contributed by atoms with van der Waals surface area (Å²) in [5, 5.41) is 11.6. The number of nitro benzene ring substituents is 1. The monoisotopic (exact) mass is 388 g/mol. The molecular weight excluding hydrogens is 375 g/mol. The topological polar surface area (TPSA) is 87.6 Å². The second-order valence-corrected chi connectivity index (χ2v) is 6.67. The van der Waals surface area contributed by atoms with Crippen LogP contribution in [0.3, 0.4) is 0 Å². The van der Waals surface area contributed by atoms with Gasteiger partial charge in [0.05, 0.1) is 17.7 Å². The molecule has 27 heavy (non-hydrogen) atoms. The smallest absolute Gasteiger partial charge is 0.270 e. The van der Waals surface area contributed by atoms with Gasteiger partial charge in [-0.25, -0.2) is 9.37 Å². The Balaban J connectivity index is 1.54. The van der Waals surface area contributed by atoms with E-state index < -0.39 is 4.92 Å². The van der Waals surface area contributed by atoms with E-state index in [0.29, 0.717) is 39.2 Å². The lowest BCUT2D eigenvalue weighted by atomic mass is 10.1. The average Bonchev–Trinajstić information content (AvgIpc) is 3.15. The summed E-state index contributed by atoms with van der Waals surface area (Å²) in [7, 11) is 0. The van der Waals surface area contributed by atoms with Gasteiger partial charge in [0.15, 0.2) is 12.6 Å². The van der Waals surface area contributed by atoms with E-state index in [1.807, 2.05) is 0 Å². The van der Waals surface area contributed by atoms with E-state index in [2.05, 4.69) is 4.98 Å². The Morgan fingerprint density at radius 1 is 1.26 bits per heavy atom. The standard InChI is InChI=1S/C18H13FN2O5S/c19-14-3-1-11(2-4-14)16-7-20-18(26-16)27-9-13-6-15(21(22)23)5-12-8-24-10-25-17(12)13/h1-7H,8-10H2. The van der Waals surface area contributed by atoms with Crippen LogP contribution in [0.15, 0.2) is 52.2 Å². The number of nitrogens with zero attached hydrogens (tertiary/aromatic N) is 2. The first-order chi connectivity index (χ1) is 13.1. The summed E-state index contributed by atoms with van der Waals surface area (Å²) < 4.78 is 29.4. The summed E-state index contributed by atoms with van der Waals surface area (Å²) in [6.45, 7) is 0.374. The third kappa shape index (κ3) is 3.79. The molecule has 0 atom stereocenters. The summed E-state index contributed by atoms with van der Waals surface area (Å²) in [5.41, 5.74) is 2.02. The number of benzene rings is 2. The van der Waals surface area contributed by atoms with Crippen LogP contribution in [0.4, 0.5) is 10.1 Å². The lowest BCUT2D eigenvalue weighted by Gasteiger charge is -2.20. The molecule has 7 nitrogen and oxygen atoms in total. The summed E-state index contributed by atoms with van der Waals surface area (Å²) in [6, 6.07) is 8.85. The number of fused-ring (bicyclic) bond motifs is 1. The van der Waals surface area contributed by atoms with Gasteiger partial charge in [0, 0.05) is 34.6 Å². The number of ether oxygens (including phenoxy) is 2. The maximum Gasteiger partial charge on any atom is 0.270 e. The van der Waals surface area contributed by atoms with Crippen molar-refractivity contribution in [2.45, 2.75) is 17.6 Å². The third-order valence-electron chi connectivity index (χ3n) is 3.95. The van der Waals surface area contributed by atoms with Gasteiger partial charge in [-0.05, 0) is 24.3 Å². The van der Waals surface area contributed by atoms with Gasteiger partial charge in [-0.1, -0.05) is 11.8 Å². The van der Waals surface area contributed by atoms with Gasteiger partial charge in [0.1, 0.15) is 11.6 Å². The minimum absolute atomic E-state index is 0.0159. The van der Waals surface area contributed by atoms with E-state index in [1.165, 1.54) is 36.0 Å². The maximum absolute atomic E-state index is 13.0. The predicted molar refractivity (Wildman–Crippen MR) is 94.8 cm³/mol. The van der Waals surface area contributed by atoms with Gasteiger partial charge in [0.2, 0.25) is 0 Å². The molecule has 0 saturated heterocycles. The molecule has 0 radical (unpaired) electrons. The SMILES string of the molecule is O=[N+]([O-])c1cc2c(c(CSc3ncc(-c4ccc(F)cc4)o3)c1)OCOC2. The van der Waals surface area contributed by atoms with Crippen LogP contribution in [-0.2, 0) is 17.1 Å². The molecule has 9 heteroatoms. The van der Waals surface area contributed by atoms with Crippen molar-refractivity contribution in [1.29, 1.82) is 0 Å². The normalized spacial score (nSPS) is 13.1. The van der Waals surface area contributed by atoms with E-state index in [-0.39, 0.29) is 24.9 Å². The first-order valence-electron chi connectivity index (χ1n) is 7.95. The van der Waals surface area contributed by atoms with Crippen molar-refractivity contribution >= 4 is 17.4 Å². The number of hydrogen-bond acceptors (Lipinski definition) is 7. The van der Waals surface area contributed by atoms with Crippen LogP contribution in [0.2, 0.25) is 0 Å². The number of nitro groups is 1. The molecule has 0 saturated carbocycles. The van der Waals surface area contributed by atoms with Gasteiger partial charge < -0.3 is 13.9 Å². The first-order valence-corrected chi connectivity index (χ1v) is 8.94. The van der Waals surface area contributed by atoms with Gasteiger partial charge in [0.25, 0.3) is 10.9 Å². The van der Waals surface area contributed by atoms with Crippen LogP contribution in [0.25, 0.3) is 11.3 Å². The highest BCUT2D eigenvalue weighted by Crippen LogP contribution is 2.36. The quantitative estimate of drug-likeness (QED) is 0.360. The molecule has 0 unspecified atom stereocenters. The van der Waals surface area contributed by atoms with Crippen molar-refractivity contribution in [3.63, 3.8) is 0 Å². The van der Waals surface area contributed by atoms with Crippen LogP contribution < -0.4 is 4.74 Å². The summed E-state index contributed by atoms with van der Waals surface area (Å²) >= 11 is 1.29. The molecule has 1 aromatic heterocycles. The molecule has 0 aliphatic carbocycles. The van der Waals surface area contributed by atoms with Crippen LogP contribution in [-0.4, -0.2) is 16.7 Å². The number of halogens is 1. The van der Waals surface area contributed by atoms with Crippen molar-refractivity contribution in [2.75, 3.05) is 6.79 Å². The van der Waals surface area contributed by atoms with Crippen molar-refractivity contribution in [1.82, 2.24) is 4.98 Å².